The van der Waals surface area contributed by atoms with Crippen molar-refractivity contribution in [1.29, 1.82) is 0 Å². The summed E-state index contributed by atoms with van der Waals surface area (Å²) in [5.41, 5.74) is 0. The molecular formula is C19H38O6. The maximum atomic E-state index is 6.22. The minimum atomic E-state index is -0.529. The van der Waals surface area contributed by atoms with Gasteiger partial charge in [-0.3, -0.25) is 0 Å². The van der Waals surface area contributed by atoms with Gasteiger partial charge in [0.05, 0.1) is 31.0 Å². The molecule has 5 atom stereocenters. The largest absolute Gasteiger partial charge is 0.376 e. The molecule has 0 aliphatic carbocycles. The zero-order chi connectivity index (χ0) is 19.1. The van der Waals surface area contributed by atoms with Crippen LogP contribution in [0.2, 0.25) is 0 Å². The van der Waals surface area contributed by atoms with E-state index in [0.717, 1.165) is 0 Å². The fourth-order valence-electron chi connectivity index (χ4n) is 2.90. The van der Waals surface area contributed by atoms with Gasteiger partial charge in [-0.25, -0.2) is 0 Å². The highest BCUT2D eigenvalue weighted by molar-refractivity contribution is 4.94. The third-order valence-corrected chi connectivity index (χ3v) is 3.71. The van der Waals surface area contributed by atoms with Crippen molar-refractivity contribution in [2.75, 3.05) is 13.7 Å². The van der Waals surface area contributed by atoms with E-state index in [2.05, 4.69) is 0 Å². The molecule has 1 aliphatic heterocycles. The Balaban J connectivity index is 3.10. The number of hydrogen-bond donors (Lipinski definition) is 0. The predicted molar refractivity (Wildman–Crippen MR) is 96.8 cm³/mol. The third kappa shape index (κ3) is 7.49. The third-order valence-electron chi connectivity index (χ3n) is 3.71. The maximum absolute atomic E-state index is 6.22. The summed E-state index contributed by atoms with van der Waals surface area (Å²) < 4.78 is 36.0. The van der Waals surface area contributed by atoms with Gasteiger partial charge in [-0.15, -0.1) is 0 Å². The molecule has 0 aromatic heterocycles. The van der Waals surface area contributed by atoms with Crippen LogP contribution in [0.15, 0.2) is 0 Å². The smallest absolute Gasteiger partial charge is 0.186 e. The van der Waals surface area contributed by atoms with Gasteiger partial charge in [0.2, 0.25) is 0 Å². The van der Waals surface area contributed by atoms with Crippen LogP contribution in [0.25, 0.3) is 0 Å². The average molecular weight is 363 g/mol. The summed E-state index contributed by atoms with van der Waals surface area (Å²) in [6.45, 7) is 16.4. The van der Waals surface area contributed by atoms with Crippen LogP contribution in [0.4, 0.5) is 0 Å². The second-order valence-corrected chi connectivity index (χ2v) is 7.61. The van der Waals surface area contributed by atoms with E-state index in [1.807, 2.05) is 55.4 Å². The van der Waals surface area contributed by atoms with Crippen LogP contribution in [-0.4, -0.2) is 68.8 Å². The van der Waals surface area contributed by atoms with Crippen molar-refractivity contribution in [2.45, 2.75) is 111 Å². The zero-order valence-electron chi connectivity index (χ0n) is 17.4. The highest BCUT2D eigenvalue weighted by Crippen LogP contribution is 2.31. The molecule has 5 unspecified atom stereocenters. The van der Waals surface area contributed by atoms with E-state index in [1.54, 1.807) is 7.11 Å². The van der Waals surface area contributed by atoms with Crippen molar-refractivity contribution in [3.63, 3.8) is 0 Å². The van der Waals surface area contributed by atoms with Gasteiger partial charge < -0.3 is 28.4 Å². The number of hydrogen-bond acceptors (Lipinski definition) is 6. The molecule has 0 aromatic rings. The van der Waals surface area contributed by atoms with Gasteiger partial charge in [0, 0.05) is 7.11 Å². The summed E-state index contributed by atoms with van der Waals surface area (Å²) >= 11 is 0. The quantitative estimate of drug-likeness (QED) is 0.595. The van der Waals surface area contributed by atoms with E-state index in [9.17, 15) is 0 Å². The summed E-state index contributed by atoms with van der Waals surface area (Å²) in [4.78, 5) is 0. The first-order valence-electron chi connectivity index (χ1n) is 9.41. The second kappa shape index (κ2) is 10.8. The van der Waals surface area contributed by atoms with E-state index in [-0.39, 0.29) is 48.8 Å². The van der Waals surface area contributed by atoms with E-state index in [1.165, 1.54) is 0 Å². The van der Waals surface area contributed by atoms with Gasteiger partial charge >= 0.3 is 0 Å². The lowest BCUT2D eigenvalue weighted by atomic mass is 9.97. The lowest BCUT2D eigenvalue weighted by molar-refractivity contribution is -0.330. The molecular weight excluding hydrogens is 324 g/mol. The van der Waals surface area contributed by atoms with Crippen molar-refractivity contribution < 1.29 is 28.4 Å². The zero-order valence-corrected chi connectivity index (χ0v) is 17.4. The van der Waals surface area contributed by atoms with Crippen LogP contribution >= 0.6 is 0 Å². The Bertz CT molecular complexity index is 358. The van der Waals surface area contributed by atoms with E-state index < -0.39 is 6.29 Å². The SMILES string of the molecule is COC1OC(COC(C)C)C(OC(C)C)C(OC(C)C)C1OC(C)C. The molecule has 0 radical (unpaired) electrons. The van der Waals surface area contributed by atoms with Crippen molar-refractivity contribution in [2.24, 2.45) is 0 Å². The van der Waals surface area contributed by atoms with E-state index in [4.69, 9.17) is 28.4 Å². The molecule has 6 heteroatoms. The highest BCUT2D eigenvalue weighted by Gasteiger charge is 2.49. The van der Waals surface area contributed by atoms with Gasteiger partial charge in [-0.2, -0.15) is 0 Å². The molecule has 150 valence electrons. The maximum Gasteiger partial charge on any atom is 0.186 e. The lowest BCUT2D eigenvalue weighted by Crippen LogP contribution is -2.63. The molecule has 0 saturated carbocycles. The first kappa shape index (κ1) is 22.8. The minimum Gasteiger partial charge on any atom is -0.376 e. The van der Waals surface area contributed by atoms with Crippen LogP contribution in [-0.2, 0) is 28.4 Å². The van der Waals surface area contributed by atoms with Gasteiger partial charge in [0.1, 0.15) is 24.4 Å². The molecule has 1 heterocycles. The molecule has 25 heavy (non-hydrogen) atoms. The molecule has 0 spiro atoms. The molecule has 0 N–H and O–H groups in total. The predicted octanol–water partition coefficient (Wildman–Crippen LogP) is 3.16. The second-order valence-electron chi connectivity index (χ2n) is 7.61. The molecule has 0 amide bonds. The first-order chi connectivity index (χ1) is 11.6. The Morgan fingerprint density at radius 2 is 1.16 bits per heavy atom. The Morgan fingerprint density at radius 3 is 1.60 bits per heavy atom. The molecule has 0 bridgehead atoms. The summed E-state index contributed by atoms with van der Waals surface area (Å²) in [5, 5.41) is 0. The fourth-order valence-corrected chi connectivity index (χ4v) is 2.90. The summed E-state index contributed by atoms with van der Waals surface area (Å²) in [6, 6.07) is 0. The standard InChI is InChI=1S/C19H38O6/c1-11(2)21-10-15-16(22-12(3)4)17(23-13(5)6)18(24-14(7)8)19(20-9)25-15/h11-19H,10H2,1-9H3. The number of rotatable bonds is 10. The summed E-state index contributed by atoms with van der Waals surface area (Å²) in [6.07, 6.45) is -1.58. The topological polar surface area (TPSA) is 55.4 Å². The normalized spacial score (nSPS) is 30.8. The highest BCUT2D eigenvalue weighted by atomic mass is 16.7. The fraction of sp³-hybridized carbons (Fsp3) is 1.00. The van der Waals surface area contributed by atoms with Crippen LogP contribution in [0.3, 0.4) is 0 Å². The van der Waals surface area contributed by atoms with Crippen LogP contribution in [0.1, 0.15) is 55.4 Å². The summed E-state index contributed by atoms with van der Waals surface area (Å²) in [5.74, 6) is 0. The van der Waals surface area contributed by atoms with Crippen molar-refractivity contribution in [3.05, 3.63) is 0 Å². The van der Waals surface area contributed by atoms with Crippen LogP contribution < -0.4 is 0 Å². The number of methoxy groups -OCH3 is 1. The van der Waals surface area contributed by atoms with Gasteiger partial charge in [0.25, 0.3) is 0 Å². The Labute approximate surface area is 153 Å². The molecule has 1 fully saturated rings. The molecule has 1 aliphatic rings. The Kier molecular flexibility index (Phi) is 9.85. The molecule has 0 aromatic carbocycles. The molecule has 6 nitrogen and oxygen atoms in total. The Hall–Kier alpha value is -0.240. The van der Waals surface area contributed by atoms with Crippen molar-refractivity contribution in [3.8, 4) is 0 Å². The Morgan fingerprint density at radius 1 is 0.680 bits per heavy atom. The van der Waals surface area contributed by atoms with Gasteiger partial charge in [0.15, 0.2) is 6.29 Å². The molecule has 1 saturated heterocycles. The summed E-state index contributed by atoms with van der Waals surface area (Å²) in [7, 11) is 1.62. The minimum absolute atomic E-state index is 0.0210. The number of ether oxygens (including phenoxy) is 6. The molecule has 1 rings (SSSR count). The van der Waals surface area contributed by atoms with E-state index in [0.29, 0.717) is 6.61 Å². The first-order valence-corrected chi connectivity index (χ1v) is 9.41. The lowest BCUT2D eigenvalue weighted by Gasteiger charge is -2.47. The monoisotopic (exact) mass is 362 g/mol. The van der Waals surface area contributed by atoms with Crippen molar-refractivity contribution >= 4 is 0 Å². The van der Waals surface area contributed by atoms with Gasteiger partial charge in [-0.1, -0.05) is 0 Å². The van der Waals surface area contributed by atoms with Crippen LogP contribution in [0.5, 0.6) is 0 Å². The van der Waals surface area contributed by atoms with Gasteiger partial charge in [-0.05, 0) is 55.4 Å². The van der Waals surface area contributed by atoms with E-state index >= 15 is 0 Å². The average Bonchev–Trinajstić information content (AvgIpc) is 2.48. The van der Waals surface area contributed by atoms with Crippen LogP contribution in [0, 0.1) is 0 Å². The van der Waals surface area contributed by atoms with Crippen molar-refractivity contribution in [1.82, 2.24) is 0 Å².